The van der Waals surface area contributed by atoms with Crippen LogP contribution in [0.5, 0.6) is 0 Å². The van der Waals surface area contributed by atoms with Gasteiger partial charge < -0.3 is 14.6 Å². The van der Waals surface area contributed by atoms with Crippen molar-refractivity contribution in [2.24, 2.45) is 5.14 Å². The Morgan fingerprint density at radius 2 is 1.79 bits per heavy atom. The van der Waals surface area contributed by atoms with Crippen LogP contribution in [0, 0.1) is 20.8 Å². The lowest BCUT2D eigenvalue weighted by Gasteiger charge is -2.16. The van der Waals surface area contributed by atoms with Crippen LogP contribution in [0.3, 0.4) is 0 Å². The maximum Gasteiger partial charge on any atom is 0.260 e. The normalized spacial score (nSPS) is 11.4. The third kappa shape index (κ3) is 3.44. The molecular formula is C16H21N3O4S. The van der Waals surface area contributed by atoms with Crippen LogP contribution >= 0.6 is 0 Å². The Morgan fingerprint density at radius 1 is 1.17 bits per heavy atom. The first-order chi connectivity index (χ1) is 11.0. The number of aryl methyl sites for hydroxylation is 3. The Balaban J connectivity index is 2.40. The van der Waals surface area contributed by atoms with E-state index in [1.54, 1.807) is 6.07 Å². The van der Waals surface area contributed by atoms with Gasteiger partial charge in [-0.15, -0.1) is 0 Å². The lowest BCUT2D eigenvalue weighted by molar-refractivity contribution is 0.102. The van der Waals surface area contributed by atoms with E-state index in [1.165, 1.54) is 13.8 Å². The van der Waals surface area contributed by atoms with Crippen LogP contribution in [0.25, 0.3) is 0 Å². The number of hydrogen-bond donors (Lipinski definition) is 2. The van der Waals surface area contributed by atoms with Crippen molar-refractivity contribution in [1.29, 1.82) is 0 Å². The monoisotopic (exact) mass is 351 g/mol. The first kappa shape index (κ1) is 18.0. The number of carbonyl (C=O) groups is 1. The molecule has 0 saturated carbocycles. The van der Waals surface area contributed by atoms with Crippen LogP contribution in [-0.2, 0) is 10.0 Å². The molecule has 0 bridgehead atoms. The van der Waals surface area contributed by atoms with Crippen LogP contribution < -0.4 is 15.4 Å². The van der Waals surface area contributed by atoms with Gasteiger partial charge in [0, 0.05) is 25.5 Å². The summed E-state index contributed by atoms with van der Waals surface area (Å²) in [5, 5.41) is 7.90. The van der Waals surface area contributed by atoms with Gasteiger partial charge in [-0.1, -0.05) is 0 Å². The molecule has 0 spiro atoms. The highest BCUT2D eigenvalue weighted by atomic mass is 32.2. The fourth-order valence-corrected chi connectivity index (χ4v) is 3.66. The van der Waals surface area contributed by atoms with Gasteiger partial charge in [-0.3, -0.25) is 4.79 Å². The molecular weight excluding hydrogens is 330 g/mol. The molecule has 1 heterocycles. The van der Waals surface area contributed by atoms with E-state index in [4.69, 9.17) is 9.56 Å². The molecule has 2 rings (SSSR count). The Hall–Kier alpha value is -2.32. The van der Waals surface area contributed by atoms with Crippen LogP contribution in [0.1, 0.15) is 27.4 Å². The molecule has 0 aliphatic carbocycles. The molecule has 0 fully saturated rings. The van der Waals surface area contributed by atoms with Crippen molar-refractivity contribution in [2.75, 3.05) is 24.3 Å². The van der Waals surface area contributed by atoms with Crippen molar-refractivity contribution in [1.82, 2.24) is 0 Å². The Morgan fingerprint density at radius 3 is 2.29 bits per heavy atom. The van der Waals surface area contributed by atoms with Gasteiger partial charge in [-0.25, -0.2) is 13.6 Å². The first-order valence-electron chi connectivity index (χ1n) is 7.24. The molecule has 1 amide bonds. The number of carbonyl (C=O) groups excluding carboxylic acids is 1. The predicted octanol–water partition coefficient (Wildman–Crippen LogP) is 2.17. The zero-order valence-corrected chi connectivity index (χ0v) is 15.1. The average Bonchev–Trinajstić information content (AvgIpc) is 2.72. The number of hydrogen-bond acceptors (Lipinski definition) is 5. The number of rotatable bonds is 4. The highest BCUT2D eigenvalue weighted by Crippen LogP contribution is 2.27. The van der Waals surface area contributed by atoms with Crippen molar-refractivity contribution < 1.29 is 17.6 Å². The van der Waals surface area contributed by atoms with Crippen molar-refractivity contribution in [3.63, 3.8) is 0 Å². The summed E-state index contributed by atoms with van der Waals surface area (Å²) in [6.45, 7) is 4.91. The van der Waals surface area contributed by atoms with E-state index in [9.17, 15) is 13.2 Å². The van der Waals surface area contributed by atoms with Gasteiger partial charge in [0.1, 0.15) is 22.0 Å². The first-order valence-corrected chi connectivity index (χ1v) is 8.79. The summed E-state index contributed by atoms with van der Waals surface area (Å²) < 4.78 is 28.8. The van der Waals surface area contributed by atoms with Gasteiger partial charge >= 0.3 is 0 Å². The molecule has 0 aliphatic rings. The third-order valence-corrected chi connectivity index (χ3v) is 4.71. The number of sulfonamides is 1. The number of amides is 1. The average molecular weight is 351 g/mol. The van der Waals surface area contributed by atoms with Gasteiger partial charge in [-0.2, -0.15) is 0 Å². The quantitative estimate of drug-likeness (QED) is 0.878. The molecule has 0 saturated heterocycles. The number of benzene rings is 1. The molecule has 24 heavy (non-hydrogen) atoms. The van der Waals surface area contributed by atoms with Crippen LogP contribution in [0.2, 0.25) is 0 Å². The van der Waals surface area contributed by atoms with Gasteiger partial charge in [0.25, 0.3) is 5.91 Å². The van der Waals surface area contributed by atoms with Crippen molar-refractivity contribution in [2.45, 2.75) is 25.7 Å². The smallest absolute Gasteiger partial charge is 0.260 e. The topological polar surface area (TPSA) is 106 Å². The van der Waals surface area contributed by atoms with Crippen molar-refractivity contribution in [3.05, 3.63) is 40.8 Å². The minimum atomic E-state index is -4.07. The number of primary sulfonamides is 1. The molecule has 0 aliphatic heterocycles. The number of nitrogens with one attached hydrogen (secondary N) is 1. The van der Waals surface area contributed by atoms with E-state index < -0.39 is 15.9 Å². The molecule has 8 heteroatoms. The molecule has 3 N–H and O–H groups in total. The van der Waals surface area contributed by atoms with Crippen molar-refractivity contribution in [3.8, 4) is 0 Å². The number of anilines is 2. The van der Waals surface area contributed by atoms with Crippen molar-refractivity contribution >= 4 is 27.3 Å². The number of nitrogens with zero attached hydrogens (tertiary/aromatic N) is 1. The Labute approximate surface area is 141 Å². The SMILES string of the molecule is Cc1cc(NC(=O)c2c(C)oc(C)c2S(N)(=O)=O)ccc1N(C)C. The largest absolute Gasteiger partial charge is 0.464 e. The molecule has 2 aromatic rings. The fourth-order valence-electron chi connectivity index (χ4n) is 2.70. The molecule has 0 atom stereocenters. The number of nitrogens with two attached hydrogens (primary N) is 1. The summed E-state index contributed by atoms with van der Waals surface area (Å²) in [5.41, 5.74) is 2.49. The summed E-state index contributed by atoms with van der Waals surface area (Å²) in [6, 6.07) is 5.43. The van der Waals surface area contributed by atoms with E-state index in [2.05, 4.69) is 5.32 Å². The lowest BCUT2D eigenvalue weighted by atomic mass is 10.1. The minimum Gasteiger partial charge on any atom is -0.464 e. The minimum absolute atomic E-state index is 0.0654. The van der Waals surface area contributed by atoms with Crippen LogP contribution in [-0.4, -0.2) is 28.4 Å². The molecule has 130 valence electrons. The summed E-state index contributed by atoms with van der Waals surface area (Å²) in [4.78, 5) is 14.2. The summed E-state index contributed by atoms with van der Waals surface area (Å²) in [7, 11) is -0.214. The van der Waals surface area contributed by atoms with Gasteiger partial charge in [0.2, 0.25) is 10.0 Å². The maximum absolute atomic E-state index is 12.5. The second kappa shape index (κ2) is 6.29. The van der Waals surface area contributed by atoms with Gasteiger partial charge in [0.15, 0.2) is 0 Å². The molecule has 0 radical (unpaired) electrons. The molecule has 7 nitrogen and oxygen atoms in total. The van der Waals surface area contributed by atoms with Crippen LogP contribution in [0.15, 0.2) is 27.5 Å². The molecule has 1 aromatic heterocycles. The van der Waals surface area contributed by atoms with Gasteiger partial charge in [-0.05, 0) is 44.5 Å². The summed E-state index contributed by atoms with van der Waals surface area (Å²) >= 11 is 0. The number of furan rings is 1. The van der Waals surface area contributed by atoms with Gasteiger partial charge in [0.05, 0.1) is 0 Å². The van der Waals surface area contributed by atoms with E-state index >= 15 is 0 Å². The Bertz CT molecular complexity index is 898. The second-order valence-electron chi connectivity index (χ2n) is 5.81. The van der Waals surface area contributed by atoms with E-state index in [0.29, 0.717) is 5.69 Å². The van der Waals surface area contributed by atoms with Crippen LogP contribution in [0.4, 0.5) is 11.4 Å². The van der Waals surface area contributed by atoms with E-state index in [1.807, 2.05) is 38.1 Å². The van der Waals surface area contributed by atoms with E-state index in [0.717, 1.165) is 11.3 Å². The fraction of sp³-hybridized carbons (Fsp3) is 0.312. The summed E-state index contributed by atoms with van der Waals surface area (Å²) in [6.07, 6.45) is 0. The lowest BCUT2D eigenvalue weighted by Crippen LogP contribution is -2.20. The standard InChI is InChI=1S/C16H21N3O4S/c1-9-8-12(6-7-13(9)19(4)5)18-16(20)14-10(2)23-11(3)15(14)24(17,21)22/h6-8H,1-5H3,(H,18,20)(H2,17,21,22). The second-order valence-corrected chi connectivity index (χ2v) is 7.31. The molecule has 1 aromatic carbocycles. The third-order valence-electron chi connectivity index (χ3n) is 3.65. The van der Waals surface area contributed by atoms with E-state index in [-0.39, 0.29) is 22.0 Å². The summed E-state index contributed by atoms with van der Waals surface area (Å²) in [5.74, 6) is -0.277. The Kier molecular flexibility index (Phi) is 4.73. The maximum atomic E-state index is 12.5. The highest BCUT2D eigenvalue weighted by molar-refractivity contribution is 7.89. The zero-order chi connectivity index (χ0) is 18.2. The predicted molar refractivity (Wildman–Crippen MR) is 93.0 cm³/mol. The molecule has 0 unspecified atom stereocenters. The highest BCUT2D eigenvalue weighted by Gasteiger charge is 2.28. The zero-order valence-electron chi connectivity index (χ0n) is 14.3.